The van der Waals surface area contributed by atoms with Gasteiger partial charge < -0.3 is 14.1 Å². The predicted octanol–water partition coefficient (Wildman–Crippen LogP) is 5.63. The van der Waals surface area contributed by atoms with Gasteiger partial charge in [-0.05, 0) is 67.7 Å². The van der Waals surface area contributed by atoms with E-state index in [0.29, 0.717) is 44.0 Å². The van der Waals surface area contributed by atoms with E-state index >= 15 is 0 Å². The molecule has 0 bridgehead atoms. The van der Waals surface area contributed by atoms with E-state index in [1.807, 2.05) is 54.0 Å². The van der Waals surface area contributed by atoms with Crippen molar-refractivity contribution in [3.63, 3.8) is 0 Å². The number of nitrogens with zero attached hydrogens (tertiary/aromatic N) is 3. The van der Waals surface area contributed by atoms with Crippen LogP contribution in [0.15, 0.2) is 64.6 Å². The summed E-state index contributed by atoms with van der Waals surface area (Å²) in [4.78, 5) is 19.0. The van der Waals surface area contributed by atoms with Gasteiger partial charge in [-0.3, -0.25) is 4.79 Å². The van der Waals surface area contributed by atoms with Gasteiger partial charge in [0.2, 0.25) is 10.0 Å². The molecule has 1 aliphatic heterocycles. The van der Waals surface area contributed by atoms with Crippen LogP contribution in [-0.2, 0) is 50.4 Å². The zero-order valence-electron chi connectivity index (χ0n) is 25.1. The summed E-state index contributed by atoms with van der Waals surface area (Å²) in [6.07, 6.45) is 3.59. The number of ether oxygens (including phenoxy) is 1. The second kappa shape index (κ2) is 12.4. The van der Waals surface area contributed by atoms with E-state index in [4.69, 9.17) is 9.57 Å². The predicted molar refractivity (Wildman–Crippen MR) is 163 cm³/mol. The molecule has 3 aromatic rings. The molecule has 1 saturated heterocycles. The lowest BCUT2D eigenvalue weighted by molar-refractivity contribution is -0.143. The van der Waals surface area contributed by atoms with Crippen LogP contribution in [0, 0.1) is 12.3 Å². The largest absolute Gasteiger partial charge is 0.465 e. The monoisotopic (exact) mass is 591 g/mol. The number of carbonyl (C=O) groups excluding carboxylic acids is 1. The van der Waals surface area contributed by atoms with Crippen LogP contribution in [0.2, 0.25) is 0 Å². The van der Waals surface area contributed by atoms with E-state index in [-0.39, 0.29) is 17.9 Å². The highest BCUT2D eigenvalue weighted by atomic mass is 32.2. The van der Waals surface area contributed by atoms with Crippen LogP contribution in [-0.4, -0.2) is 48.7 Å². The number of oxime groups is 1. The molecule has 1 aliphatic carbocycles. The third-order valence-corrected chi connectivity index (χ3v) is 10.2. The lowest BCUT2D eigenvalue weighted by Gasteiger charge is -2.32. The van der Waals surface area contributed by atoms with Gasteiger partial charge in [0.25, 0.3) is 0 Å². The molecule has 0 atom stereocenters. The Morgan fingerprint density at radius 3 is 2.40 bits per heavy atom. The highest BCUT2D eigenvalue weighted by Gasteiger charge is 2.37. The average molecular weight is 592 g/mol. The number of esters is 1. The molecule has 0 N–H and O–H groups in total. The summed E-state index contributed by atoms with van der Waals surface area (Å²) in [5, 5.41) is 4.68. The molecule has 42 heavy (non-hydrogen) atoms. The first-order chi connectivity index (χ1) is 20.1. The second-order valence-electron chi connectivity index (χ2n) is 12.0. The Labute approximate surface area is 249 Å². The van der Waals surface area contributed by atoms with Crippen LogP contribution in [0.5, 0.6) is 0 Å². The van der Waals surface area contributed by atoms with Crippen molar-refractivity contribution >= 4 is 21.7 Å². The van der Waals surface area contributed by atoms with Crippen molar-refractivity contribution in [1.82, 2.24) is 8.87 Å². The molecule has 224 valence electrons. The third-order valence-electron chi connectivity index (χ3n) is 8.20. The molecular formula is C33H41N3O5S. The number of hydrogen-bond donors (Lipinski definition) is 0. The Morgan fingerprint density at radius 2 is 1.69 bits per heavy atom. The highest BCUT2D eigenvalue weighted by Crippen LogP contribution is 2.40. The molecule has 1 fully saturated rings. The first-order valence-electron chi connectivity index (χ1n) is 14.8. The number of rotatable bonds is 10. The van der Waals surface area contributed by atoms with Gasteiger partial charge in [0.15, 0.2) is 0 Å². The minimum Gasteiger partial charge on any atom is -0.465 e. The number of aromatic nitrogens is 1. The Kier molecular flexibility index (Phi) is 8.89. The van der Waals surface area contributed by atoms with E-state index in [9.17, 15) is 13.2 Å². The fourth-order valence-corrected chi connectivity index (χ4v) is 7.94. The van der Waals surface area contributed by atoms with Crippen molar-refractivity contribution in [2.24, 2.45) is 10.6 Å². The molecule has 0 radical (unpaired) electrons. The van der Waals surface area contributed by atoms with Crippen LogP contribution in [0.3, 0.4) is 0 Å². The van der Waals surface area contributed by atoms with Gasteiger partial charge in [-0.1, -0.05) is 67.5 Å². The van der Waals surface area contributed by atoms with E-state index in [1.165, 1.54) is 0 Å². The van der Waals surface area contributed by atoms with Crippen LogP contribution in [0.1, 0.15) is 73.7 Å². The van der Waals surface area contributed by atoms with Gasteiger partial charge in [0.05, 0.1) is 17.2 Å². The van der Waals surface area contributed by atoms with Gasteiger partial charge in [-0.2, -0.15) is 4.31 Å². The van der Waals surface area contributed by atoms with Gasteiger partial charge in [0.1, 0.15) is 13.2 Å². The minimum atomic E-state index is -3.62. The zero-order valence-corrected chi connectivity index (χ0v) is 25.9. The van der Waals surface area contributed by atoms with E-state index in [1.54, 1.807) is 23.4 Å². The first-order valence-corrected chi connectivity index (χ1v) is 16.2. The lowest BCUT2D eigenvalue weighted by Crippen LogP contribution is -2.30. The molecule has 8 nitrogen and oxygen atoms in total. The van der Waals surface area contributed by atoms with Crippen molar-refractivity contribution in [1.29, 1.82) is 0 Å². The van der Waals surface area contributed by atoms with Crippen molar-refractivity contribution in [2.75, 3.05) is 19.7 Å². The fraction of sp³-hybridized carbons (Fsp3) is 0.455. The number of hydrogen-bond acceptors (Lipinski definition) is 6. The molecule has 2 aliphatic rings. The maximum Gasteiger partial charge on any atom is 0.325 e. The number of benzene rings is 2. The maximum atomic E-state index is 13.7. The van der Waals surface area contributed by atoms with Gasteiger partial charge in [-0.15, -0.1) is 0 Å². The molecule has 0 spiro atoms. The summed E-state index contributed by atoms with van der Waals surface area (Å²) >= 11 is 0. The summed E-state index contributed by atoms with van der Waals surface area (Å²) in [5.74, 6) is -0.302. The summed E-state index contributed by atoms with van der Waals surface area (Å²) < 4.78 is 36.3. The summed E-state index contributed by atoms with van der Waals surface area (Å²) in [6, 6.07) is 17.2. The molecule has 2 aromatic carbocycles. The zero-order chi connectivity index (χ0) is 29.9. The number of sulfonamides is 1. The van der Waals surface area contributed by atoms with E-state index in [0.717, 1.165) is 58.6 Å². The van der Waals surface area contributed by atoms with E-state index in [2.05, 4.69) is 19.0 Å². The highest BCUT2D eigenvalue weighted by molar-refractivity contribution is 7.89. The Bertz CT molecular complexity index is 1570. The van der Waals surface area contributed by atoms with Crippen molar-refractivity contribution in [2.45, 2.75) is 77.8 Å². The summed E-state index contributed by atoms with van der Waals surface area (Å²) in [5.41, 5.74) is 6.30. The maximum absolute atomic E-state index is 13.7. The van der Waals surface area contributed by atoms with Crippen LogP contribution < -0.4 is 0 Å². The second-order valence-corrected chi connectivity index (χ2v) is 13.9. The molecule has 1 aromatic heterocycles. The summed E-state index contributed by atoms with van der Waals surface area (Å²) in [6.45, 7) is 10.0. The average Bonchev–Trinajstić information content (AvgIpc) is 3.58. The van der Waals surface area contributed by atoms with Crippen molar-refractivity contribution < 1.29 is 22.8 Å². The van der Waals surface area contributed by atoms with Crippen LogP contribution in [0.4, 0.5) is 0 Å². The molecule has 0 amide bonds. The first kappa shape index (κ1) is 30.0. The SMILES string of the molecule is CCOC(=O)Cn1c(C)c(Cc2ccccc2S(=O)(=O)N2CCCC2)c2c1CC(C)(C)CC2=NOCc1ccccc1. The number of fused-ring (bicyclic) bond motifs is 1. The van der Waals surface area contributed by atoms with Gasteiger partial charge in [0, 0.05) is 36.5 Å². The van der Waals surface area contributed by atoms with Gasteiger partial charge >= 0.3 is 5.97 Å². The van der Waals surface area contributed by atoms with E-state index < -0.39 is 10.0 Å². The molecular weight excluding hydrogens is 550 g/mol. The third kappa shape index (κ3) is 6.32. The topological polar surface area (TPSA) is 90.2 Å². The molecule has 0 unspecified atom stereocenters. The summed E-state index contributed by atoms with van der Waals surface area (Å²) in [7, 11) is -3.62. The normalized spacial score (nSPS) is 17.8. The van der Waals surface area contributed by atoms with Crippen molar-refractivity contribution in [3.05, 3.63) is 88.2 Å². The Balaban J connectivity index is 1.60. The van der Waals surface area contributed by atoms with Gasteiger partial charge in [-0.25, -0.2) is 8.42 Å². The fourth-order valence-electron chi connectivity index (χ4n) is 6.20. The molecule has 5 rings (SSSR count). The quantitative estimate of drug-likeness (QED) is 0.225. The molecule has 0 saturated carbocycles. The standard InChI is InChI=1S/C33H41N3O5S/c1-5-40-31(37)22-36-24(2)27(19-26-15-9-10-16-30(26)42(38,39)35-17-11-12-18-35)32-28(20-33(3,4)21-29(32)36)34-41-23-25-13-7-6-8-14-25/h6-10,13-16H,5,11-12,17-23H2,1-4H3. The molecule has 9 heteroatoms. The number of carbonyl (C=O) groups is 1. The minimum absolute atomic E-state index is 0.0873. The van der Waals surface area contributed by atoms with Crippen molar-refractivity contribution in [3.8, 4) is 0 Å². The lowest BCUT2D eigenvalue weighted by atomic mass is 9.74. The Morgan fingerprint density at radius 1 is 1.00 bits per heavy atom. The van der Waals surface area contributed by atoms with Crippen LogP contribution >= 0.6 is 0 Å². The Hall–Kier alpha value is -3.43. The van der Waals surface area contributed by atoms with Crippen LogP contribution in [0.25, 0.3) is 0 Å². The molecule has 2 heterocycles. The smallest absolute Gasteiger partial charge is 0.325 e.